The van der Waals surface area contributed by atoms with Gasteiger partial charge in [-0.2, -0.15) is 0 Å². The van der Waals surface area contributed by atoms with Crippen LogP contribution < -0.4 is 24.3 Å². The summed E-state index contributed by atoms with van der Waals surface area (Å²) in [5.41, 5.74) is 0.940. The summed E-state index contributed by atoms with van der Waals surface area (Å²) < 4.78 is 22.0. The van der Waals surface area contributed by atoms with Crippen molar-refractivity contribution in [3.05, 3.63) is 48.0 Å². The van der Waals surface area contributed by atoms with Crippen LogP contribution in [0, 0.1) is 0 Å². The van der Waals surface area contributed by atoms with E-state index in [0.29, 0.717) is 23.0 Å². The van der Waals surface area contributed by atoms with Crippen LogP contribution in [-0.4, -0.2) is 32.8 Å². The highest BCUT2D eigenvalue weighted by atomic mass is 16.6. The van der Waals surface area contributed by atoms with Gasteiger partial charge in [-0.1, -0.05) is 25.1 Å². The van der Waals surface area contributed by atoms with Gasteiger partial charge in [0.05, 0.1) is 20.3 Å². The van der Waals surface area contributed by atoms with Gasteiger partial charge in [0.15, 0.2) is 23.0 Å². The number of fused-ring (bicyclic) bond motifs is 1. The lowest BCUT2D eigenvalue weighted by atomic mass is 10.0. The van der Waals surface area contributed by atoms with E-state index in [1.54, 1.807) is 20.3 Å². The van der Waals surface area contributed by atoms with Crippen LogP contribution in [0.25, 0.3) is 0 Å². The molecule has 1 aliphatic heterocycles. The van der Waals surface area contributed by atoms with E-state index in [1.165, 1.54) is 0 Å². The topological polar surface area (TPSA) is 66.0 Å². The molecule has 1 N–H and O–H groups in total. The number of nitrogens with one attached hydrogen (secondary N) is 1. The minimum absolute atomic E-state index is 0.164. The Labute approximate surface area is 153 Å². The van der Waals surface area contributed by atoms with Crippen molar-refractivity contribution in [3.8, 4) is 23.0 Å². The molecule has 1 heterocycles. The molecule has 138 valence electrons. The van der Waals surface area contributed by atoms with Crippen LogP contribution in [0.1, 0.15) is 24.9 Å². The number of hydrogen-bond donors (Lipinski definition) is 1. The molecule has 2 aromatic rings. The maximum atomic E-state index is 12.7. The van der Waals surface area contributed by atoms with Crippen LogP contribution in [-0.2, 0) is 4.79 Å². The van der Waals surface area contributed by atoms with Crippen molar-refractivity contribution in [1.29, 1.82) is 0 Å². The molecule has 0 spiro atoms. The van der Waals surface area contributed by atoms with Gasteiger partial charge in [0.25, 0.3) is 5.91 Å². The van der Waals surface area contributed by atoms with Crippen molar-refractivity contribution in [2.45, 2.75) is 25.5 Å². The van der Waals surface area contributed by atoms with Crippen LogP contribution in [0.3, 0.4) is 0 Å². The molecule has 0 fully saturated rings. The number of amides is 1. The zero-order valence-electron chi connectivity index (χ0n) is 15.2. The van der Waals surface area contributed by atoms with E-state index in [1.807, 2.05) is 43.3 Å². The zero-order chi connectivity index (χ0) is 18.5. The molecule has 0 aliphatic carbocycles. The summed E-state index contributed by atoms with van der Waals surface area (Å²) in [6, 6.07) is 12.8. The third-order valence-corrected chi connectivity index (χ3v) is 4.34. The molecule has 2 atom stereocenters. The summed E-state index contributed by atoms with van der Waals surface area (Å²) in [4.78, 5) is 12.7. The summed E-state index contributed by atoms with van der Waals surface area (Å²) >= 11 is 0. The fourth-order valence-electron chi connectivity index (χ4n) is 2.90. The number of carbonyl (C=O) groups excluding carboxylic acids is 1. The predicted octanol–water partition coefficient (Wildman–Crippen LogP) is 3.11. The number of rotatable bonds is 6. The van der Waals surface area contributed by atoms with Crippen LogP contribution in [0.5, 0.6) is 23.0 Å². The lowest BCUT2D eigenvalue weighted by Gasteiger charge is -2.27. The first kappa shape index (κ1) is 17.9. The minimum Gasteiger partial charge on any atom is -0.493 e. The average molecular weight is 357 g/mol. The highest BCUT2D eigenvalue weighted by molar-refractivity contribution is 5.82. The van der Waals surface area contributed by atoms with Crippen LogP contribution in [0.15, 0.2) is 42.5 Å². The van der Waals surface area contributed by atoms with Gasteiger partial charge >= 0.3 is 0 Å². The average Bonchev–Trinajstić information content (AvgIpc) is 2.70. The SMILES string of the molecule is CC[C@@H](NC(=O)[C@@H]1COc2ccccc2O1)c1ccc(OC)c(OC)c1. The molecular formula is C20H23NO5. The largest absolute Gasteiger partial charge is 0.493 e. The first-order chi connectivity index (χ1) is 12.7. The molecule has 0 saturated heterocycles. The number of benzene rings is 2. The third-order valence-electron chi connectivity index (χ3n) is 4.34. The second-order valence-corrected chi connectivity index (χ2v) is 5.95. The Morgan fingerprint density at radius 1 is 1.15 bits per heavy atom. The van der Waals surface area contributed by atoms with E-state index in [2.05, 4.69) is 5.32 Å². The summed E-state index contributed by atoms with van der Waals surface area (Å²) in [5, 5.41) is 3.03. The molecule has 3 rings (SSSR count). The zero-order valence-corrected chi connectivity index (χ0v) is 15.2. The monoisotopic (exact) mass is 357 g/mol. The van der Waals surface area contributed by atoms with Gasteiger partial charge in [-0.3, -0.25) is 4.79 Å². The maximum absolute atomic E-state index is 12.7. The predicted molar refractivity (Wildman–Crippen MR) is 97.1 cm³/mol. The van der Waals surface area contributed by atoms with E-state index < -0.39 is 6.10 Å². The van der Waals surface area contributed by atoms with Gasteiger partial charge in [0.2, 0.25) is 6.10 Å². The smallest absolute Gasteiger partial charge is 0.265 e. The van der Waals surface area contributed by atoms with E-state index in [4.69, 9.17) is 18.9 Å². The van der Waals surface area contributed by atoms with Gasteiger partial charge in [0.1, 0.15) is 6.61 Å². The molecule has 6 heteroatoms. The molecule has 1 aliphatic rings. The second-order valence-electron chi connectivity index (χ2n) is 5.95. The molecule has 2 aromatic carbocycles. The quantitative estimate of drug-likeness (QED) is 0.860. The normalized spacial score (nSPS) is 16.5. The summed E-state index contributed by atoms with van der Waals surface area (Å²) in [5.74, 6) is 2.31. The van der Waals surface area contributed by atoms with Gasteiger partial charge < -0.3 is 24.3 Å². The molecule has 0 bridgehead atoms. The lowest BCUT2D eigenvalue weighted by molar-refractivity contribution is -0.131. The van der Waals surface area contributed by atoms with E-state index in [0.717, 1.165) is 12.0 Å². The van der Waals surface area contributed by atoms with Crippen molar-refractivity contribution < 1.29 is 23.7 Å². The number of methoxy groups -OCH3 is 2. The first-order valence-corrected chi connectivity index (χ1v) is 8.57. The Morgan fingerprint density at radius 3 is 2.58 bits per heavy atom. The standard InChI is InChI=1S/C20H23NO5/c1-4-14(13-9-10-15(23-2)18(11-13)24-3)21-20(22)19-12-25-16-7-5-6-8-17(16)26-19/h5-11,14,19H,4,12H2,1-3H3,(H,21,22)/t14-,19+/m1/s1. The Hall–Kier alpha value is -2.89. The molecule has 1 amide bonds. The lowest BCUT2D eigenvalue weighted by Crippen LogP contribution is -2.45. The van der Waals surface area contributed by atoms with Crippen LogP contribution in [0.2, 0.25) is 0 Å². The molecule has 6 nitrogen and oxygen atoms in total. The summed E-state index contributed by atoms with van der Waals surface area (Å²) in [6.45, 7) is 2.19. The Balaban J connectivity index is 1.71. The van der Waals surface area contributed by atoms with Gasteiger partial charge in [-0.25, -0.2) is 0 Å². The molecule has 0 saturated carbocycles. The Kier molecular flexibility index (Phi) is 5.51. The number of ether oxygens (including phenoxy) is 4. The third kappa shape index (κ3) is 3.69. The minimum atomic E-state index is -0.681. The van der Waals surface area contributed by atoms with Gasteiger partial charge in [-0.15, -0.1) is 0 Å². The molecule has 0 unspecified atom stereocenters. The molecule has 26 heavy (non-hydrogen) atoms. The molecule has 0 aromatic heterocycles. The van der Waals surface area contributed by atoms with Gasteiger partial charge in [-0.05, 0) is 36.2 Å². The first-order valence-electron chi connectivity index (χ1n) is 8.57. The highest BCUT2D eigenvalue weighted by Gasteiger charge is 2.29. The summed E-state index contributed by atoms with van der Waals surface area (Å²) in [7, 11) is 3.18. The molecular weight excluding hydrogens is 334 g/mol. The number of carbonyl (C=O) groups is 1. The van der Waals surface area contributed by atoms with Crippen LogP contribution in [0.4, 0.5) is 0 Å². The van der Waals surface area contributed by atoms with Crippen molar-refractivity contribution in [2.24, 2.45) is 0 Å². The molecule has 0 radical (unpaired) electrons. The summed E-state index contributed by atoms with van der Waals surface area (Å²) in [6.07, 6.45) is 0.0462. The second kappa shape index (κ2) is 7.99. The Morgan fingerprint density at radius 2 is 1.88 bits per heavy atom. The Bertz CT molecular complexity index is 777. The van der Waals surface area contributed by atoms with Crippen molar-refractivity contribution in [2.75, 3.05) is 20.8 Å². The fourth-order valence-corrected chi connectivity index (χ4v) is 2.90. The maximum Gasteiger partial charge on any atom is 0.265 e. The number of para-hydroxylation sites is 2. The van der Waals surface area contributed by atoms with E-state index in [-0.39, 0.29) is 18.6 Å². The highest BCUT2D eigenvalue weighted by Crippen LogP contribution is 2.32. The van der Waals surface area contributed by atoms with E-state index >= 15 is 0 Å². The van der Waals surface area contributed by atoms with Gasteiger partial charge in [0, 0.05) is 0 Å². The fraction of sp³-hybridized carbons (Fsp3) is 0.350. The van der Waals surface area contributed by atoms with Crippen molar-refractivity contribution >= 4 is 5.91 Å². The van der Waals surface area contributed by atoms with Crippen molar-refractivity contribution in [1.82, 2.24) is 5.32 Å². The van der Waals surface area contributed by atoms with Crippen LogP contribution >= 0.6 is 0 Å². The van der Waals surface area contributed by atoms with E-state index in [9.17, 15) is 4.79 Å². The van der Waals surface area contributed by atoms with Crippen molar-refractivity contribution in [3.63, 3.8) is 0 Å². The number of hydrogen-bond acceptors (Lipinski definition) is 5.